The predicted octanol–water partition coefficient (Wildman–Crippen LogP) is 1.73. The fourth-order valence-corrected chi connectivity index (χ4v) is 1.71. The Morgan fingerprint density at radius 2 is 2.18 bits per heavy atom. The Morgan fingerprint density at radius 3 is 2.88 bits per heavy atom. The van der Waals surface area contributed by atoms with Gasteiger partial charge in [0.1, 0.15) is 18.2 Å². The van der Waals surface area contributed by atoms with Crippen LogP contribution in [0, 0.1) is 6.92 Å². The minimum absolute atomic E-state index is 0.500. The topological polar surface area (TPSA) is 53.1 Å². The van der Waals surface area contributed by atoms with Crippen LogP contribution in [-0.4, -0.2) is 16.2 Å². The molecule has 0 aliphatic rings. The monoisotopic (exact) mass is 231 g/mol. The molecule has 2 N–H and O–H groups in total. The lowest BCUT2D eigenvalue weighted by atomic mass is 10.2. The summed E-state index contributed by atoms with van der Waals surface area (Å²) < 4.78 is 7.79. The Kier molecular flexibility index (Phi) is 3.77. The molecule has 0 unspecified atom stereocenters. The Bertz CT molecular complexity index is 479. The lowest BCUT2D eigenvalue weighted by Crippen LogP contribution is -2.10. The fraction of sp³-hybridized carbons (Fsp3) is 0.308. The van der Waals surface area contributed by atoms with Gasteiger partial charge in [0.25, 0.3) is 0 Å². The van der Waals surface area contributed by atoms with E-state index in [9.17, 15) is 0 Å². The zero-order chi connectivity index (χ0) is 12.1. The lowest BCUT2D eigenvalue weighted by molar-refractivity contribution is 0.294. The zero-order valence-corrected chi connectivity index (χ0v) is 9.97. The molecule has 1 aromatic carbocycles. The molecule has 1 aromatic heterocycles. The third kappa shape index (κ3) is 2.85. The van der Waals surface area contributed by atoms with Crippen LogP contribution in [-0.2, 0) is 13.1 Å². The molecule has 0 aliphatic heterocycles. The van der Waals surface area contributed by atoms with Crippen LogP contribution in [0.1, 0.15) is 11.4 Å². The van der Waals surface area contributed by atoms with E-state index in [-0.39, 0.29) is 0 Å². The van der Waals surface area contributed by atoms with E-state index in [1.165, 1.54) is 0 Å². The summed E-state index contributed by atoms with van der Waals surface area (Å²) in [7, 11) is 0. The summed E-state index contributed by atoms with van der Waals surface area (Å²) in [5, 5.41) is 0. The van der Waals surface area contributed by atoms with Crippen molar-refractivity contribution in [3.05, 3.63) is 48.0 Å². The largest absolute Gasteiger partial charge is 0.491 e. The van der Waals surface area contributed by atoms with Gasteiger partial charge in [0.15, 0.2) is 0 Å². The number of ether oxygens (including phenoxy) is 1. The van der Waals surface area contributed by atoms with Crippen molar-refractivity contribution < 1.29 is 4.74 Å². The van der Waals surface area contributed by atoms with Gasteiger partial charge in [-0.3, -0.25) is 0 Å². The van der Waals surface area contributed by atoms with Gasteiger partial charge in [-0.2, -0.15) is 0 Å². The van der Waals surface area contributed by atoms with Crippen LogP contribution in [0.2, 0.25) is 0 Å². The van der Waals surface area contributed by atoms with Gasteiger partial charge in [-0.1, -0.05) is 18.2 Å². The molecule has 0 amide bonds. The van der Waals surface area contributed by atoms with Gasteiger partial charge in [-0.05, 0) is 13.0 Å². The van der Waals surface area contributed by atoms with Crippen molar-refractivity contribution in [2.75, 3.05) is 6.61 Å². The Labute approximate surface area is 101 Å². The first-order valence-electron chi connectivity index (χ1n) is 5.70. The average Bonchev–Trinajstić information content (AvgIpc) is 2.76. The highest BCUT2D eigenvalue weighted by Crippen LogP contribution is 2.16. The van der Waals surface area contributed by atoms with Crippen molar-refractivity contribution >= 4 is 0 Å². The summed E-state index contributed by atoms with van der Waals surface area (Å²) >= 11 is 0. The molecule has 4 heteroatoms. The van der Waals surface area contributed by atoms with E-state index in [2.05, 4.69) is 9.55 Å². The van der Waals surface area contributed by atoms with E-state index >= 15 is 0 Å². The highest BCUT2D eigenvalue weighted by atomic mass is 16.5. The maximum atomic E-state index is 5.73. The van der Waals surface area contributed by atoms with Crippen LogP contribution in [0.3, 0.4) is 0 Å². The second-order valence-electron chi connectivity index (χ2n) is 3.83. The third-order valence-corrected chi connectivity index (χ3v) is 2.71. The second kappa shape index (κ2) is 5.50. The Balaban J connectivity index is 1.92. The molecule has 17 heavy (non-hydrogen) atoms. The first-order valence-corrected chi connectivity index (χ1v) is 5.70. The van der Waals surface area contributed by atoms with Crippen LogP contribution in [0.5, 0.6) is 5.75 Å². The molecule has 0 atom stereocenters. The van der Waals surface area contributed by atoms with Crippen LogP contribution in [0.4, 0.5) is 0 Å². The number of aryl methyl sites for hydroxylation is 1. The summed E-state index contributed by atoms with van der Waals surface area (Å²) in [6.45, 7) is 3.90. The molecule has 1 heterocycles. The first-order chi connectivity index (χ1) is 8.31. The van der Waals surface area contributed by atoms with Crippen LogP contribution >= 0.6 is 0 Å². The second-order valence-corrected chi connectivity index (χ2v) is 3.83. The molecule has 2 aromatic rings. The van der Waals surface area contributed by atoms with Crippen molar-refractivity contribution in [2.45, 2.75) is 20.0 Å². The number of para-hydroxylation sites is 1. The predicted molar refractivity (Wildman–Crippen MR) is 66.8 cm³/mol. The number of benzene rings is 1. The number of rotatable bonds is 5. The SMILES string of the molecule is Cc1nccn1CCOc1ccccc1CN. The number of aromatic nitrogens is 2. The van der Waals surface area contributed by atoms with Gasteiger partial charge >= 0.3 is 0 Å². The molecule has 0 bridgehead atoms. The van der Waals surface area contributed by atoms with E-state index in [4.69, 9.17) is 10.5 Å². The molecule has 90 valence electrons. The molecule has 0 fully saturated rings. The van der Waals surface area contributed by atoms with Gasteiger partial charge in [0, 0.05) is 24.5 Å². The molecule has 0 aliphatic carbocycles. The third-order valence-electron chi connectivity index (χ3n) is 2.71. The Hall–Kier alpha value is -1.81. The molecule has 0 spiro atoms. The van der Waals surface area contributed by atoms with Crippen molar-refractivity contribution in [3.63, 3.8) is 0 Å². The molecular weight excluding hydrogens is 214 g/mol. The van der Waals surface area contributed by atoms with E-state index in [0.717, 1.165) is 23.7 Å². The van der Waals surface area contributed by atoms with Gasteiger partial charge in [-0.25, -0.2) is 4.98 Å². The van der Waals surface area contributed by atoms with Crippen LogP contribution in [0.15, 0.2) is 36.7 Å². The van der Waals surface area contributed by atoms with E-state index in [1.807, 2.05) is 37.4 Å². The summed E-state index contributed by atoms with van der Waals surface area (Å²) in [5.41, 5.74) is 6.68. The number of nitrogens with zero attached hydrogens (tertiary/aromatic N) is 2. The summed E-state index contributed by atoms with van der Waals surface area (Å²) in [4.78, 5) is 4.16. The quantitative estimate of drug-likeness (QED) is 0.852. The van der Waals surface area contributed by atoms with Gasteiger partial charge in [-0.15, -0.1) is 0 Å². The average molecular weight is 231 g/mol. The van der Waals surface area contributed by atoms with Gasteiger partial charge in [0.2, 0.25) is 0 Å². The standard InChI is InChI=1S/C13H17N3O/c1-11-15-6-7-16(11)8-9-17-13-5-3-2-4-12(13)10-14/h2-7H,8-10,14H2,1H3. The van der Waals surface area contributed by atoms with E-state index < -0.39 is 0 Å². The van der Waals surface area contributed by atoms with Crippen molar-refractivity contribution in [1.82, 2.24) is 9.55 Å². The number of imidazole rings is 1. The minimum Gasteiger partial charge on any atom is -0.491 e. The highest BCUT2D eigenvalue weighted by molar-refractivity contribution is 5.32. The van der Waals surface area contributed by atoms with Crippen molar-refractivity contribution in [3.8, 4) is 5.75 Å². The number of hydrogen-bond donors (Lipinski definition) is 1. The van der Waals surface area contributed by atoms with Gasteiger partial charge < -0.3 is 15.0 Å². The normalized spacial score (nSPS) is 10.5. The number of hydrogen-bond acceptors (Lipinski definition) is 3. The maximum Gasteiger partial charge on any atom is 0.123 e. The molecule has 0 radical (unpaired) electrons. The smallest absolute Gasteiger partial charge is 0.123 e. The summed E-state index contributed by atoms with van der Waals surface area (Å²) in [5.74, 6) is 1.87. The minimum atomic E-state index is 0.500. The first kappa shape index (κ1) is 11.7. The fourth-order valence-electron chi connectivity index (χ4n) is 1.71. The van der Waals surface area contributed by atoms with Crippen LogP contribution < -0.4 is 10.5 Å². The molecule has 0 saturated heterocycles. The Morgan fingerprint density at radius 1 is 1.35 bits per heavy atom. The number of nitrogens with two attached hydrogens (primary N) is 1. The molecular formula is C13H17N3O. The molecule has 4 nitrogen and oxygen atoms in total. The summed E-state index contributed by atoms with van der Waals surface area (Å²) in [6, 6.07) is 7.85. The van der Waals surface area contributed by atoms with Crippen molar-refractivity contribution in [1.29, 1.82) is 0 Å². The summed E-state index contributed by atoms with van der Waals surface area (Å²) in [6.07, 6.45) is 3.75. The lowest BCUT2D eigenvalue weighted by Gasteiger charge is -2.11. The zero-order valence-electron chi connectivity index (χ0n) is 9.97. The van der Waals surface area contributed by atoms with Crippen molar-refractivity contribution in [2.24, 2.45) is 5.73 Å². The highest BCUT2D eigenvalue weighted by Gasteiger charge is 2.01. The maximum absolute atomic E-state index is 5.73. The van der Waals surface area contributed by atoms with E-state index in [0.29, 0.717) is 13.2 Å². The van der Waals surface area contributed by atoms with Gasteiger partial charge in [0.05, 0.1) is 6.54 Å². The molecule has 0 saturated carbocycles. The van der Waals surface area contributed by atoms with E-state index in [1.54, 1.807) is 6.20 Å². The van der Waals surface area contributed by atoms with Crippen LogP contribution in [0.25, 0.3) is 0 Å². The molecule has 2 rings (SSSR count).